The van der Waals surface area contributed by atoms with Crippen LogP contribution in [0, 0.1) is 0 Å². The Kier molecular flexibility index (Phi) is 3.72. The van der Waals surface area contributed by atoms with E-state index in [4.69, 9.17) is 5.11 Å². The zero-order valence-electron chi connectivity index (χ0n) is 9.82. The molecule has 0 atom stereocenters. The third-order valence-corrected chi connectivity index (χ3v) is 3.15. The van der Waals surface area contributed by atoms with Crippen LogP contribution in [0.5, 0.6) is 0 Å². The van der Waals surface area contributed by atoms with Gasteiger partial charge in [-0.05, 0) is 32.6 Å². The fraction of sp³-hybridized carbons (Fsp3) is 0.667. The SMILES string of the molecule is CCN(CCO)c1ncnc2c1CCCC2. The van der Waals surface area contributed by atoms with E-state index < -0.39 is 0 Å². The Morgan fingerprint density at radius 2 is 2.12 bits per heavy atom. The van der Waals surface area contributed by atoms with Crippen molar-refractivity contribution in [2.24, 2.45) is 0 Å². The number of aryl methyl sites for hydroxylation is 1. The highest BCUT2D eigenvalue weighted by molar-refractivity contribution is 5.49. The molecule has 0 aromatic carbocycles. The summed E-state index contributed by atoms with van der Waals surface area (Å²) in [7, 11) is 0. The maximum absolute atomic E-state index is 9.05. The van der Waals surface area contributed by atoms with Crippen molar-refractivity contribution >= 4 is 5.82 Å². The van der Waals surface area contributed by atoms with E-state index in [0.717, 1.165) is 25.2 Å². The normalized spacial score (nSPS) is 14.6. The molecule has 1 heterocycles. The lowest BCUT2D eigenvalue weighted by atomic mass is 9.96. The van der Waals surface area contributed by atoms with Crippen LogP contribution in [-0.4, -0.2) is 34.8 Å². The monoisotopic (exact) mass is 221 g/mol. The largest absolute Gasteiger partial charge is 0.395 e. The third kappa shape index (κ3) is 2.16. The topological polar surface area (TPSA) is 49.2 Å². The predicted octanol–water partition coefficient (Wildman–Crippen LogP) is 1.17. The Hall–Kier alpha value is -1.16. The van der Waals surface area contributed by atoms with Crippen LogP contribution >= 0.6 is 0 Å². The van der Waals surface area contributed by atoms with Crippen LogP contribution in [0.3, 0.4) is 0 Å². The van der Waals surface area contributed by atoms with Crippen molar-refractivity contribution in [1.29, 1.82) is 0 Å². The highest BCUT2D eigenvalue weighted by atomic mass is 16.3. The molecule has 2 rings (SSSR count). The van der Waals surface area contributed by atoms with Gasteiger partial charge in [0.15, 0.2) is 0 Å². The first-order chi connectivity index (χ1) is 7.86. The Morgan fingerprint density at radius 1 is 1.31 bits per heavy atom. The van der Waals surface area contributed by atoms with Crippen LogP contribution in [0.25, 0.3) is 0 Å². The van der Waals surface area contributed by atoms with Crippen molar-refractivity contribution in [3.8, 4) is 0 Å². The molecule has 4 heteroatoms. The first-order valence-electron chi connectivity index (χ1n) is 6.05. The molecule has 0 unspecified atom stereocenters. The average molecular weight is 221 g/mol. The molecule has 0 bridgehead atoms. The minimum absolute atomic E-state index is 0.173. The van der Waals surface area contributed by atoms with E-state index in [1.807, 2.05) is 0 Å². The van der Waals surface area contributed by atoms with E-state index in [0.29, 0.717) is 6.54 Å². The maximum Gasteiger partial charge on any atom is 0.135 e. The lowest BCUT2D eigenvalue weighted by molar-refractivity contribution is 0.302. The maximum atomic E-state index is 9.05. The molecule has 0 fully saturated rings. The molecule has 1 aromatic heterocycles. The number of aliphatic hydroxyl groups is 1. The Bertz CT molecular complexity index is 354. The van der Waals surface area contributed by atoms with Gasteiger partial charge in [0.2, 0.25) is 0 Å². The van der Waals surface area contributed by atoms with Gasteiger partial charge in [-0.2, -0.15) is 0 Å². The predicted molar refractivity (Wildman–Crippen MR) is 63.6 cm³/mol. The summed E-state index contributed by atoms with van der Waals surface area (Å²) in [5, 5.41) is 9.05. The second-order valence-electron chi connectivity index (χ2n) is 4.13. The Morgan fingerprint density at radius 3 is 2.88 bits per heavy atom. The number of nitrogens with zero attached hydrogens (tertiary/aromatic N) is 3. The molecule has 0 amide bonds. The number of rotatable bonds is 4. The number of aliphatic hydroxyl groups excluding tert-OH is 1. The Labute approximate surface area is 96.3 Å². The molecule has 0 aliphatic heterocycles. The molecule has 4 nitrogen and oxygen atoms in total. The van der Waals surface area contributed by atoms with Gasteiger partial charge in [-0.25, -0.2) is 9.97 Å². The number of aromatic nitrogens is 2. The van der Waals surface area contributed by atoms with Gasteiger partial charge < -0.3 is 10.0 Å². The van der Waals surface area contributed by atoms with Gasteiger partial charge in [-0.1, -0.05) is 0 Å². The molecule has 0 saturated heterocycles. The zero-order chi connectivity index (χ0) is 11.4. The van der Waals surface area contributed by atoms with Crippen LogP contribution in [0.2, 0.25) is 0 Å². The van der Waals surface area contributed by atoms with E-state index in [1.165, 1.54) is 24.1 Å². The standard InChI is InChI=1S/C12H19N3O/c1-2-15(7-8-16)12-10-5-3-4-6-11(10)13-9-14-12/h9,16H,2-8H2,1H3. The summed E-state index contributed by atoms with van der Waals surface area (Å²) in [6.45, 7) is 3.80. The summed E-state index contributed by atoms with van der Waals surface area (Å²) in [5.41, 5.74) is 2.50. The minimum Gasteiger partial charge on any atom is -0.395 e. The van der Waals surface area contributed by atoms with Gasteiger partial charge in [-0.3, -0.25) is 0 Å². The molecular formula is C12H19N3O. The molecule has 0 spiro atoms. The molecule has 0 radical (unpaired) electrons. The van der Waals surface area contributed by atoms with E-state index >= 15 is 0 Å². The van der Waals surface area contributed by atoms with Crippen molar-refractivity contribution < 1.29 is 5.11 Å². The zero-order valence-corrected chi connectivity index (χ0v) is 9.82. The summed E-state index contributed by atoms with van der Waals surface area (Å²) in [6, 6.07) is 0. The van der Waals surface area contributed by atoms with Crippen molar-refractivity contribution in [2.75, 3.05) is 24.6 Å². The smallest absolute Gasteiger partial charge is 0.135 e. The number of anilines is 1. The van der Waals surface area contributed by atoms with Crippen molar-refractivity contribution in [3.05, 3.63) is 17.6 Å². The van der Waals surface area contributed by atoms with Crippen molar-refractivity contribution in [1.82, 2.24) is 9.97 Å². The molecule has 1 aliphatic carbocycles. The first kappa shape index (κ1) is 11.3. The van der Waals surface area contributed by atoms with Gasteiger partial charge in [0.25, 0.3) is 0 Å². The summed E-state index contributed by atoms with van der Waals surface area (Å²) in [6.07, 6.45) is 6.26. The Balaban J connectivity index is 2.31. The quantitative estimate of drug-likeness (QED) is 0.829. The lowest BCUT2D eigenvalue weighted by Crippen LogP contribution is -2.29. The van der Waals surface area contributed by atoms with Crippen molar-refractivity contribution in [3.63, 3.8) is 0 Å². The van der Waals surface area contributed by atoms with Crippen molar-refractivity contribution in [2.45, 2.75) is 32.6 Å². The summed E-state index contributed by atoms with van der Waals surface area (Å²) in [5.74, 6) is 1.03. The van der Waals surface area contributed by atoms with E-state index in [9.17, 15) is 0 Å². The first-order valence-corrected chi connectivity index (χ1v) is 6.05. The molecule has 88 valence electrons. The number of hydrogen-bond acceptors (Lipinski definition) is 4. The summed E-state index contributed by atoms with van der Waals surface area (Å²) < 4.78 is 0. The fourth-order valence-corrected chi connectivity index (χ4v) is 2.31. The van der Waals surface area contributed by atoms with Crippen LogP contribution in [0.15, 0.2) is 6.33 Å². The second-order valence-corrected chi connectivity index (χ2v) is 4.13. The third-order valence-electron chi connectivity index (χ3n) is 3.15. The van der Waals surface area contributed by atoms with Gasteiger partial charge >= 0.3 is 0 Å². The summed E-state index contributed by atoms with van der Waals surface area (Å²) >= 11 is 0. The molecule has 16 heavy (non-hydrogen) atoms. The average Bonchev–Trinajstić information content (AvgIpc) is 2.35. The van der Waals surface area contributed by atoms with E-state index in [-0.39, 0.29) is 6.61 Å². The molecular weight excluding hydrogens is 202 g/mol. The van der Waals surface area contributed by atoms with Crippen LogP contribution in [0.1, 0.15) is 31.0 Å². The van der Waals surface area contributed by atoms with E-state index in [2.05, 4.69) is 21.8 Å². The number of hydrogen-bond donors (Lipinski definition) is 1. The van der Waals surface area contributed by atoms with Crippen LogP contribution in [0.4, 0.5) is 5.82 Å². The minimum atomic E-state index is 0.173. The second kappa shape index (κ2) is 5.25. The number of likely N-dealkylation sites (N-methyl/N-ethyl adjacent to an activating group) is 1. The highest BCUT2D eigenvalue weighted by Crippen LogP contribution is 2.26. The van der Waals surface area contributed by atoms with Gasteiger partial charge in [-0.15, -0.1) is 0 Å². The van der Waals surface area contributed by atoms with Crippen LogP contribution in [-0.2, 0) is 12.8 Å². The fourth-order valence-electron chi connectivity index (χ4n) is 2.31. The van der Waals surface area contributed by atoms with Gasteiger partial charge in [0, 0.05) is 24.3 Å². The van der Waals surface area contributed by atoms with E-state index in [1.54, 1.807) is 6.33 Å². The van der Waals surface area contributed by atoms with Gasteiger partial charge in [0.1, 0.15) is 12.1 Å². The molecule has 1 aliphatic rings. The van der Waals surface area contributed by atoms with Crippen LogP contribution < -0.4 is 4.90 Å². The summed E-state index contributed by atoms with van der Waals surface area (Å²) in [4.78, 5) is 10.9. The molecule has 1 N–H and O–H groups in total. The lowest BCUT2D eigenvalue weighted by Gasteiger charge is -2.26. The molecule has 0 saturated carbocycles. The number of fused-ring (bicyclic) bond motifs is 1. The highest BCUT2D eigenvalue weighted by Gasteiger charge is 2.18. The van der Waals surface area contributed by atoms with Gasteiger partial charge in [0.05, 0.1) is 6.61 Å². The molecule has 1 aromatic rings.